The summed E-state index contributed by atoms with van der Waals surface area (Å²) in [7, 11) is 0. The molecule has 0 bridgehead atoms. The molecule has 3 aromatic rings. The molecule has 3 aromatic carbocycles. The number of aliphatic hydroxyl groups excluding tert-OH is 1. The number of hydrogen-bond donors (Lipinski definition) is 3. The fourth-order valence-electron chi connectivity index (χ4n) is 3.46. The van der Waals surface area contributed by atoms with Crippen LogP contribution in [0.15, 0.2) is 66.7 Å². The van der Waals surface area contributed by atoms with Gasteiger partial charge in [-0.15, -0.1) is 0 Å². The number of carboxylic acid groups (broad SMARTS) is 1. The van der Waals surface area contributed by atoms with Crippen molar-refractivity contribution in [1.82, 2.24) is 5.32 Å². The van der Waals surface area contributed by atoms with Crippen molar-refractivity contribution in [2.75, 3.05) is 13.1 Å². The van der Waals surface area contributed by atoms with Crippen LogP contribution >= 0.6 is 11.6 Å². The van der Waals surface area contributed by atoms with Crippen LogP contribution < -0.4 is 5.32 Å². The molecule has 0 aromatic heterocycles. The van der Waals surface area contributed by atoms with Gasteiger partial charge in [-0.3, -0.25) is 0 Å². The molecule has 4 nitrogen and oxygen atoms in total. The second-order valence-electron chi connectivity index (χ2n) is 7.25. The largest absolute Gasteiger partial charge is 0.478 e. The van der Waals surface area contributed by atoms with Gasteiger partial charge in [0.25, 0.3) is 0 Å². The Morgan fingerprint density at radius 1 is 1.07 bits per heavy atom. The van der Waals surface area contributed by atoms with E-state index in [0.717, 1.165) is 41.6 Å². The van der Waals surface area contributed by atoms with Crippen LogP contribution in [-0.4, -0.2) is 29.3 Å². The minimum absolute atomic E-state index is 0.318. The Kier molecular flexibility index (Phi) is 7.63. The first-order chi connectivity index (χ1) is 14.5. The molecule has 0 spiro atoms. The molecule has 0 unspecified atom stereocenters. The summed E-state index contributed by atoms with van der Waals surface area (Å²) in [4.78, 5) is 11.2. The van der Waals surface area contributed by atoms with Crippen LogP contribution in [0.25, 0.3) is 11.1 Å². The number of aryl methyl sites for hydroxylation is 1. The molecule has 0 saturated carbocycles. The standard InChI is InChI=1S/C25H26ClNO3/c1-2-18-14-21(25(29)30)10-11-23(18)19-8-6-17(7-9-19)12-13-27-16-24(28)20-4-3-5-22(26)15-20/h3-11,14-15,24,27-28H,2,12-13,16H2,1H3,(H,29,30)/t24-/m0/s1. The summed E-state index contributed by atoms with van der Waals surface area (Å²) in [5, 5.41) is 23.3. The highest BCUT2D eigenvalue weighted by Gasteiger charge is 2.10. The molecule has 0 heterocycles. The van der Waals surface area contributed by atoms with Gasteiger partial charge in [0.2, 0.25) is 0 Å². The second-order valence-corrected chi connectivity index (χ2v) is 7.69. The lowest BCUT2D eigenvalue weighted by atomic mass is 9.95. The highest BCUT2D eigenvalue weighted by molar-refractivity contribution is 6.30. The zero-order valence-corrected chi connectivity index (χ0v) is 17.7. The Balaban J connectivity index is 1.55. The fourth-order valence-corrected chi connectivity index (χ4v) is 3.65. The lowest BCUT2D eigenvalue weighted by molar-refractivity contribution is 0.0696. The van der Waals surface area contributed by atoms with Crippen LogP contribution in [0, 0.1) is 0 Å². The number of aliphatic hydroxyl groups is 1. The highest BCUT2D eigenvalue weighted by Crippen LogP contribution is 2.26. The van der Waals surface area contributed by atoms with E-state index in [4.69, 9.17) is 11.6 Å². The molecule has 0 amide bonds. The van der Waals surface area contributed by atoms with Crippen LogP contribution in [0.3, 0.4) is 0 Å². The number of carboxylic acids is 1. The van der Waals surface area contributed by atoms with Gasteiger partial charge in [-0.2, -0.15) is 0 Å². The monoisotopic (exact) mass is 423 g/mol. The highest BCUT2D eigenvalue weighted by atomic mass is 35.5. The maximum absolute atomic E-state index is 11.2. The van der Waals surface area contributed by atoms with Crippen LogP contribution in [0.4, 0.5) is 0 Å². The van der Waals surface area contributed by atoms with E-state index in [1.165, 1.54) is 5.56 Å². The zero-order chi connectivity index (χ0) is 21.5. The molecule has 0 fully saturated rings. The van der Waals surface area contributed by atoms with Crippen molar-refractivity contribution in [3.05, 3.63) is 94.0 Å². The average molecular weight is 424 g/mol. The summed E-state index contributed by atoms with van der Waals surface area (Å²) >= 11 is 5.97. The van der Waals surface area contributed by atoms with Crippen molar-refractivity contribution in [3.8, 4) is 11.1 Å². The maximum Gasteiger partial charge on any atom is 0.335 e. The summed E-state index contributed by atoms with van der Waals surface area (Å²) in [6.07, 6.45) is 1.03. The van der Waals surface area contributed by atoms with Crippen molar-refractivity contribution in [2.24, 2.45) is 0 Å². The van der Waals surface area contributed by atoms with Gasteiger partial charge in [0.15, 0.2) is 0 Å². The van der Waals surface area contributed by atoms with Crippen molar-refractivity contribution in [1.29, 1.82) is 0 Å². The third-order valence-corrected chi connectivity index (χ3v) is 5.39. The first-order valence-corrected chi connectivity index (χ1v) is 10.5. The van der Waals surface area contributed by atoms with Gasteiger partial charge in [-0.1, -0.05) is 61.0 Å². The Bertz CT molecular complexity index is 1000. The minimum atomic E-state index is -0.903. The third kappa shape index (κ3) is 5.70. The number of nitrogens with one attached hydrogen (secondary N) is 1. The van der Waals surface area contributed by atoms with Crippen LogP contribution in [0.1, 0.15) is 40.1 Å². The first kappa shape index (κ1) is 22.0. The Hall–Kier alpha value is -2.66. The molecule has 0 radical (unpaired) electrons. The SMILES string of the molecule is CCc1cc(C(=O)O)ccc1-c1ccc(CCNC[C@H](O)c2cccc(Cl)c2)cc1. The minimum Gasteiger partial charge on any atom is -0.478 e. The zero-order valence-electron chi connectivity index (χ0n) is 16.9. The van der Waals surface area contributed by atoms with E-state index >= 15 is 0 Å². The molecule has 0 aliphatic heterocycles. The van der Waals surface area contributed by atoms with Gasteiger partial charge in [0.1, 0.15) is 0 Å². The fraction of sp³-hybridized carbons (Fsp3) is 0.240. The number of benzene rings is 3. The van der Waals surface area contributed by atoms with Crippen molar-refractivity contribution in [3.63, 3.8) is 0 Å². The first-order valence-electron chi connectivity index (χ1n) is 10.1. The molecular weight excluding hydrogens is 398 g/mol. The smallest absolute Gasteiger partial charge is 0.335 e. The predicted molar refractivity (Wildman–Crippen MR) is 121 cm³/mol. The molecule has 0 aliphatic carbocycles. The normalized spacial score (nSPS) is 12.0. The van der Waals surface area contributed by atoms with Gasteiger partial charge in [-0.25, -0.2) is 4.79 Å². The number of carbonyl (C=O) groups is 1. The van der Waals surface area contributed by atoms with E-state index < -0.39 is 12.1 Å². The lowest BCUT2D eigenvalue weighted by Crippen LogP contribution is -2.23. The topological polar surface area (TPSA) is 69.6 Å². The molecule has 0 saturated heterocycles. The summed E-state index contributed by atoms with van der Waals surface area (Å²) in [6.45, 7) is 3.25. The summed E-state index contributed by atoms with van der Waals surface area (Å²) < 4.78 is 0. The molecule has 1 atom stereocenters. The predicted octanol–water partition coefficient (Wildman–Crippen LogP) is 5.13. The lowest BCUT2D eigenvalue weighted by Gasteiger charge is -2.13. The number of hydrogen-bond acceptors (Lipinski definition) is 3. The van der Waals surface area contributed by atoms with E-state index in [0.29, 0.717) is 17.1 Å². The molecule has 156 valence electrons. The van der Waals surface area contributed by atoms with E-state index in [1.807, 2.05) is 25.1 Å². The molecule has 3 N–H and O–H groups in total. The summed E-state index contributed by atoms with van der Waals surface area (Å²) in [6, 6.07) is 20.9. The summed E-state index contributed by atoms with van der Waals surface area (Å²) in [5.41, 5.74) is 5.50. The average Bonchev–Trinajstić information content (AvgIpc) is 2.76. The third-order valence-electron chi connectivity index (χ3n) is 5.16. The van der Waals surface area contributed by atoms with E-state index in [-0.39, 0.29) is 0 Å². The maximum atomic E-state index is 11.2. The van der Waals surface area contributed by atoms with Crippen molar-refractivity contribution in [2.45, 2.75) is 25.9 Å². The second kappa shape index (κ2) is 10.4. The number of rotatable bonds is 9. The molecular formula is C25H26ClNO3. The van der Waals surface area contributed by atoms with Crippen LogP contribution in [-0.2, 0) is 12.8 Å². The van der Waals surface area contributed by atoms with Gasteiger partial charge in [-0.05, 0) is 71.5 Å². The Morgan fingerprint density at radius 2 is 1.83 bits per heavy atom. The van der Waals surface area contributed by atoms with Gasteiger partial charge in [0.05, 0.1) is 11.7 Å². The Morgan fingerprint density at radius 3 is 2.50 bits per heavy atom. The molecule has 5 heteroatoms. The van der Waals surface area contributed by atoms with Crippen molar-refractivity contribution >= 4 is 17.6 Å². The van der Waals surface area contributed by atoms with E-state index in [1.54, 1.807) is 24.3 Å². The molecule has 30 heavy (non-hydrogen) atoms. The van der Waals surface area contributed by atoms with Gasteiger partial charge >= 0.3 is 5.97 Å². The Labute approximate surface area is 182 Å². The number of halogens is 1. The van der Waals surface area contributed by atoms with Crippen molar-refractivity contribution < 1.29 is 15.0 Å². The van der Waals surface area contributed by atoms with E-state index in [2.05, 4.69) is 29.6 Å². The summed E-state index contributed by atoms with van der Waals surface area (Å²) in [5.74, 6) is -0.903. The molecule has 3 rings (SSSR count). The number of aromatic carboxylic acids is 1. The van der Waals surface area contributed by atoms with Gasteiger partial charge < -0.3 is 15.5 Å². The van der Waals surface area contributed by atoms with Crippen LogP contribution in [0.2, 0.25) is 5.02 Å². The quantitative estimate of drug-likeness (QED) is 0.417. The van der Waals surface area contributed by atoms with E-state index in [9.17, 15) is 15.0 Å². The molecule has 0 aliphatic rings. The van der Waals surface area contributed by atoms with Gasteiger partial charge in [0, 0.05) is 11.6 Å². The van der Waals surface area contributed by atoms with Crippen LogP contribution in [0.5, 0.6) is 0 Å².